The maximum atomic E-state index is 13.5. The van der Waals surface area contributed by atoms with Gasteiger partial charge in [0.25, 0.3) is 10.0 Å². The number of sulfonamides is 1. The van der Waals surface area contributed by atoms with Gasteiger partial charge in [-0.1, -0.05) is 54.1 Å². The number of hydrogen-bond donors (Lipinski definition) is 1. The molecular formula is C27H23ClN2O4S. The summed E-state index contributed by atoms with van der Waals surface area (Å²) in [5.74, 6) is 0.690. The summed E-state index contributed by atoms with van der Waals surface area (Å²) in [7, 11) is -4.02. The molecule has 0 fully saturated rings. The highest BCUT2D eigenvalue weighted by Gasteiger charge is 2.27. The van der Waals surface area contributed by atoms with Gasteiger partial charge in [-0.2, -0.15) is 0 Å². The van der Waals surface area contributed by atoms with Crippen molar-refractivity contribution in [2.24, 2.45) is 0 Å². The van der Waals surface area contributed by atoms with E-state index in [2.05, 4.69) is 5.32 Å². The van der Waals surface area contributed by atoms with Crippen LogP contribution in [0.4, 0.5) is 11.4 Å². The zero-order valence-corrected chi connectivity index (χ0v) is 20.5. The number of anilines is 2. The van der Waals surface area contributed by atoms with Gasteiger partial charge in [-0.3, -0.25) is 9.10 Å². The van der Waals surface area contributed by atoms with E-state index in [-0.39, 0.29) is 4.90 Å². The Kier molecular flexibility index (Phi) is 7.39. The lowest BCUT2D eigenvalue weighted by molar-refractivity contribution is -0.114. The van der Waals surface area contributed by atoms with Crippen LogP contribution in [0.15, 0.2) is 108 Å². The van der Waals surface area contributed by atoms with Crippen molar-refractivity contribution in [3.63, 3.8) is 0 Å². The van der Waals surface area contributed by atoms with Gasteiger partial charge in [-0.25, -0.2) is 8.42 Å². The highest BCUT2D eigenvalue weighted by atomic mass is 35.5. The molecule has 0 aromatic heterocycles. The average molecular weight is 507 g/mol. The first kappa shape index (κ1) is 24.3. The fraction of sp³-hybridized carbons (Fsp3) is 0.0741. The van der Waals surface area contributed by atoms with E-state index in [4.69, 9.17) is 16.3 Å². The molecule has 4 aromatic carbocycles. The number of aryl methyl sites for hydroxylation is 1. The van der Waals surface area contributed by atoms with Gasteiger partial charge in [-0.15, -0.1) is 0 Å². The minimum Gasteiger partial charge on any atom is -0.457 e. The molecule has 0 unspecified atom stereocenters. The zero-order chi connectivity index (χ0) is 24.8. The molecule has 0 atom stereocenters. The van der Waals surface area contributed by atoms with Crippen molar-refractivity contribution in [2.45, 2.75) is 11.8 Å². The minimum atomic E-state index is -4.02. The summed E-state index contributed by atoms with van der Waals surface area (Å²) < 4.78 is 33.9. The van der Waals surface area contributed by atoms with Gasteiger partial charge in [0.15, 0.2) is 0 Å². The number of hydrogen-bond acceptors (Lipinski definition) is 4. The van der Waals surface area contributed by atoms with Crippen molar-refractivity contribution in [3.05, 3.63) is 114 Å². The summed E-state index contributed by atoms with van der Waals surface area (Å²) in [5.41, 5.74) is 1.68. The number of rotatable bonds is 8. The van der Waals surface area contributed by atoms with Gasteiger partial charge < -0.3 is 10.1 Å². The van der Waals surface area contributed by atoms with E-state index in [0.29, 0.717) is 27.9 Å². The molecule has 0 bridgehead atoms. The second-order valence-electron chi connectivity index (χ2n) is 7.75. The summed E-state index contributed by atoms with van der Waals surface area (Å²) in [4.78, 5) is 13.0. The first-order valence-corrected chi connectivity index (χ1v) is 12.6. The molecule has 0 saturated carbocycles. The Morgan fingerprint density at radius 1 is 0.857 bits per heavy atom. The molecule has 1 N–H and O–H groups in total. The largest absolute Gasteiger partial charge is 0.457 e. The van der Waals surface area contributed by atoms with E-state index >= 15 is 0 Å². The van der Waals surface area contributed by atoms with Crippen LogP contribution in [0.2, 0.25) is 5.02 Å². The predicted octanol–water partition coefficient (Wildman–Crippen LogP) is 6.27. The summed E-state index contributed by atoms with van der Waals surface area (Å²) >= 11 is 6.15. The maximum Gasteiger partial charge on any atom is 0.264 e. The van der Waals surface area contributed by atoms with Gasteiger partial charge in [-0.05, 0) is 73.2 Å². The SMILES string of the molecule is Cc1ccc(NC(=O)CN(c2ccc(Oc3ccccc3)cc2)S(=O)(=O)c2ccccc2)cc1Cl. The summed E-state index contributed by atoms with van der Waals surface area (Å²) in [6, 6.07) is 28.9. The smallest absolute Gasteiger partial charge is 0.264 e. The molecule has 4 aromatic rings. The van der Waals surface area contributed by atoms with Crippen molar-refractivity contribution in [1.29, 1.82) is 0 Å². The number of para-hydroxylation sites is 1. The standard InChI is InChI=1S/C27H23ClN2O4S/c1-20-12-13-21(18-26(20)28)29-27(31)19-30(35(32,33)25-10-6-3-7-11-25)22-14-16-24(17-15-22)34-23-8-4-2-5-9-23/h2-18H,19H2,1H3,(H,29,31). The highest BCUT2D eigenvalue weighted by molar-refractivity contribution is 7.92. The first-order chi connectivity index (χ1) is 16.8. The molecule has 4 rings (SSSR count). The Hall–Kier alpha value is -3.81. The first-order valence-electron chi connectivity index (χ1n) is 10.8. The lowest BCUT2D eigenvalue weighted by Gasteiger charge is -2.24. The average Bonchev–Trinajstić information content (AvgIpc) is 2.86. The Balaban J connectivity index is 1.61. The Labute approximate surface area is 209 Å². The number of carbonyl (C=O) groups is 1. The lowest BCUT2D eigenvalue weighted by Crippen LogP contribution is -2.38. The van der Waals surface area contributed by atoms with Crippen molar-refractivity contribution in [1.82, 2.24) is 0 Å². The van der Waals surface area contributed by atoms with E-state index < -0.39 is 22.5 Å². The molecule has 35 heavy (non-hydrogen) atoms. The number of carbonyl (C=O) groups excluding carboxylic acids is 1. The summed E-state index contributed by atoms with van der Waals surface area (Å²) in [6.45, 7) is 1.43. The van der Waals surface area contributed by atoms with Gasteiger partial charge in [0.1, 0.15) is 18.0 Å². The van der Waals surface area contributed by atoms with Crippen LogP contribution < -0.4 is 14.4 Å². The number of halogens is 1. The third-order valence-electron chi connectivity index (χ3n) is 5.18. The van der Waals surface area contributed by atoms with E-state index in [1.165, 1.54) is 12.1 Å². The van der Waals surface area contributed by atoms with Crippen LogP contribution in [-0.4, -0.2) is 20.9 Å². The minimum absolute atomic E-state index is 0.0794. The van der Waals surface area contributed by atoms with Gasteiger partial charge >= 0.3 is 0 Å². The van der Waals surface area contributed by atoms with Gasteiger partial charge in [0.05, 0.1) is 10.6 Å². The predicted molar refractivity (Wildman–Crippen MR) is 139 cm³/mol. The van der Waals surface area contributed by atoms with Crippen molar-refractivity contribution >= 4 is 38.9 Å². The van der Waals surface area contributed by atoms with Crippen LogP contribution in [0.1, 0.15) is 5.56 Å². The van der Waals surface area contributed by atoms with Crippen LogP contribution in [0, 0.1) is 6.92 Å². The molecule has 0 saturated heterocycles. The van der Waals surface area contributed by atoms with Gasteiger partial charge in [0.2, 0.25) is 5.91 Å². The summed E-state index contributed by atoms with van der Waals surface area (Å²) in [5, 5.41) is 3.23. The second kappa shape index (κ2) is 10.6. The highest BCUT2D eigenvalue weighted by Crippen LogP contribution is 2.28. The monoisotopic (exact) mass is 506 g/mol. The molecule has 0 aliphatic heterocycles. The number of ether oxygens (including phenoxy) is 1. The van der Waals surface area contributed by atoms with Gasteiger partial charge in [0, 0.05) is 10.7 Å². The van der Waals surface area contributed by atoms with Crippen LogP contribution in [0.3, 0.4) is 0 Å². The maximum absolute atomic E-state index is 13.5. The Morgan fingerprint density at radius 2 is 1.46 bits per heavy atom. The van der Waals surface area contributed by atoms with Crippen molar-refractivity contribution in [2.75, 3.05) is 16.2 Å². The van der Waals surface area contributed by atoms with Crippen LogP contribution >= 0.6 is 11.6 Å². The molecule has 0 aliphatic carbocycles. The molecule has 1 amide bonds. The molecule has 0 spiro atoms. The van der Waals surface area contributed by atoms with Crippen molar-refractivity contribution < 1.29 is 17.9 Å². The van der Waals surface area contributed by atoms with E-state index in [0.717, 1.165) is 9.87 Å². The number of nitrogens with one attached hydrogen (secondary N) is 1. The molecule has 6 nitrogen and oxygen atoms in total. The molecular weight excluding hydrogens is 484 g/mol. The van der Waals surface area contributed by atoms with Crippen LogP contribution in [0.25, 0.3) is 0 Å². The Morgan fingerprint density at radius 3 is 2.09 bits per heavy atom. The van der Waals surface area contributed by atoms with E-state index in [9.17, 15) is 13.2 Å². The van der Waals surface area contributed by atoms with E-state index in [1.54, 1.807) is 60.7 Å². The normalized spacial score (nSPS) is 11.0. The second-order valence-corrected chi connectivity index (χ2v) is 10.0. The number of amides is 1. The topological polar surface area (TPSA) is 75.7 Å². The molecule has 0 aliphatic rings. The quantitative estimate of drug-likeness (QED) is 0.305. The number of benzene rings is 4. The van der Waals surface area contributed by atoms with E-state index in [1.807, 2.05) is 37.3 Å². The third-order valence-corrected chi connectivity index (χ3v) is 7.37. The molecule has 8 heteroatoms. The third kappa shape index (κ3) is 6.01. The van der Waals surface area contributed by atoms with Crippen LogP contribution in [0.5, 0.6) is 11.5 Å². The Bertz CT molecular complexity index is 1410. The zero-order valence-electron chi connectivity index (χ0n) is 18.9. The molecule has 0 heterocycles. The fourth-order valence-corrected chi connectivity index (χ4v) is 4.96. The molecule has 178 valence electrons. The van der Waals surface area contributed by atoms with Crippen molar-refractivity contribution in [3.8, 4) is 11.5 Å². The lowest BCUT2D eigenvalue weighted by atomic mass is 10.2. The fourth-order valence-electron chi connectivity index (χ4n) is 3.34. The number of nitrogens with zero attached hydrogens (tertiary/aromatic N) is 1. The van der Waals surface area contributed by atoms with Crippen LogP contribution in [-0.2, 0) is 14.8 Å². The summed E-state index contributed by atoms with van der Waals surface area (Å²) in [6.07, 6.45) is 0. The molecule has 0 radical (unpaired) electrons.